The van der Waals surface area contributed by atoms with Gasteiger partial charge in [0.1, 0.15) is 0 Å². The van der Waals surface area contributed by atoms with Crippen molar-refractivity contribution in [3.63, 3.8) is 0 Å². The molecule has 1 fully saturated rings. The molecule has 0 radical (unpaired) electrons. The molecular weight excluding hydrogens is 276 g/mol. The van der Waals surface area contributed by atoms with Gasteiger partial charge in [-0.1, -0.05) is 23.7 Å². The fourth-order valence-electron chi connectivity index (χ4n) is 2.37. The van der Waals surface area contributed by atoms with Gasteiger partial charge in [0.05, 0.1) is 19.8 Å². The third kappa shape index (κ3) is 5.38. The summed E-state index contributed by atoms with van der Waals surface area (Å²) in [7, 11) is 0. The SMILES string of the molecule is OCCN(CCN1CCOCC1)Cc1ccc(Cl)cc1. The summed E-state index contributed by atoms with van der Waals surface area (Å²) in [6.07, 6.45) is 0. The molecule has 4 nitrogen and oxygen atoms in total. The molecule has 1 aromatic carbocycles. The number of hydrogen-bond acceptors (Lipinski definition) is 4. The van der Waals surface area contributed by atoms with Crippen LogP contribution in [0, 0.1) is 0 Å². The molecule has 1 N–H and O–H groups in total. The monoisotopic (exact) mass is 298 g/mol. The Morgan fingerprint density at radius 3 is 2.50 bits per heavy atom. The van der Waals surface area contributed by atoms with Gasteiger partial charge < -0.3 is 9.84 Å². The summed E-state index contributed by atoms with van der Waals surface area (Å²) < 4.78 is 5.35. The lowest BCUT2D eigenvalue weighted by atomic mass is 10.2. The largest absolute Gasteiger partial charge is 0.395 e. The van der Waals surface area contributed by atoms with E-state index >= 15 is 0 Å². The van der Waals surface area contributed by atoms with Crippen molar-refractivity contribution in [3.05, 3.63) is 34.9 Å². The fourth-order valence-corrected chi connectivity index (χ4v) is 2.49. The predicted molar refractivity (Wildman–Crippen MR) is 81.1 cm³/mol. The van der Waals surface area contributed by atoms with Gasteiger partial charge in [0.2, 0.25) is 0 Å². The number of aliphatic hydroxyl groups is 1. The highest BCUT2D eigenvalue weighted by Gasteiger charge is 2.12. The molecule has 1 heterocycles. The van der Waals surface area contributed by atoms with Gasteiger partial charge in [0, 0.05) is 44.3 Å². The molecular formula is C15H23ClN2O2. The second-order valence-corrected chi connectivity index (χ2v) is 5.52. The molecule has 1 aliphatic heterocycles. The normalized spacial score (nSPS) is 16.8. The molecule has 0 aromatic heterocycles. The molecule has 0 saturated carbocycles. The maximum atomic E-state index is 9.20. The fraction of sp³-hybridized carbons (Fsp3) is 0.600. The first-order valence-electron chi connectivity index (χ1n) is 7.15. The van der Waals surface area contributed by atoms with Crippen molar-refractivity contribution >= 4 is 11.6 Å². The lowest BCUT2D eigenvalue weighted by molar-refractivity contribution is 0.0320. The third-order valence-electron chi connectivity index (χ3n) is 3.57. The van der Waals surface area contributed by atoms with E-state index in [1.165, 1.54) is 5.56 Å². The van der Waals surface area contributed by atoms with Gasteiger partial charge in [0.15, 0.2) is 0 Å². The molecule has 2 rings (SSSR count). The van der Waals surface area contributed by atoms with E-state index in [2.05, 4.69) is 9.80 Å². The zero-order valence-corrected chi connectivity index (χ0v) is 12.6. The highest BCUT2D eigenvalue weighted by atomic mass is 35.5. The van der Waals surface area contributed by atoms with Crippen LogP contribution in [0.25, 0.3) is 0 Å². The Labute approximate surface area is 125 Å². The summed E-state index contributed by atoms with van der Waals surface area (Å²) in [4.78, 5) is 4.69. The Balaban J connectivity index is 1.81. The van der Waals surface area contributed by atoms with E-state index in [0.717, 1.165) is 51.0 Å². The molecule has 5 heteroatoms. The molecule has 0 unspecified atom stereocenters. The van der Waals surface area contributed by atoms with Crippen molar-refractivity contribution in [2.24, 2.45) is 0 Å². The van der Waals surface area contributed by atoms with Crippen LogP contribution in [0.3, 0.4) is 0 Å². The van der Waals surface area contributed by atoms with Gasteiger partial charge in [-0.15, -0.1) is 0 Å². The van der Waals surface area contributed by atoms with Crippen LogP contribution in [-0.4, -0.2) is 67.5 Å². The summed E-state index contributed by atoms with van der Waals surface area (Å²) in [5, 5.41) is 9.96. The van der Waals surface area contributed by atoms with Crippen LogP contribution in [0.1, 0.15) is 5.56 Å². The van der Waals surface area contributed by atoms with Gasteiger partial charge in [-0.2, -0.15) is 0 Å². The Kier molecular flexibility index (Phi) is 6.76. The minimum Gasteiger partial charge on any atom is -0.395 e. The van der Waals surface area contributed by atoms with Gasteiger partial charge >= 0.3 is 0 Å². The lowest BCUT2D eigenvalue weighted by Crippen LogP contribution is -2.41. The maximum absolute atomic E-state index is 9.20. The molecule has 1 saturated heterocycles. The van der Waals surface area contributed by atoms with Gasteiger partial charge in [-0.3, -0.25) is 9.80 Å². The van der Waals surface area contributed by atoms with Crippen molar-refractivity contribution in [3.8, 4) is 0 Å². The number of aliphatic hydroxyl groups excluding tert-OH is 1. The van der Waals surface area contributed by atoms with Gasteiger partial charge in [-0.05, 0) is 17.7 Å². The van der Waals surface area contributed by atoms with E-state index in [-0.39, 0.29) is 6.61 Å². The van der Waals surface area contributed by atoms with E-state index in [4.69, 9.17) is 16.3 Å². The van der Waals surface area contributed by atoms with E-state index < -0.39 is 0 Å². The molecule has 0 amide bonds. The molecule has 112 valence electrons. The highest BCUT2D eigenvalue weighted by Crippen LogP contribution is 2.11. The molecule has 0 spiro atoms. The average Bonchev–Trinajstić information content (AvgIpc) is 2.48. The number of nitrogens with zero attached hydrogens (tertiary/aromatic N) is 2. The summed E-state index contributed by atoms with van der Waals surface area (Å²) in [6.45, 7) is 7.40. The van der Waals surface area contributed by atoms with E-state index in [1.54, 1.807) is 0 Å². The summed E-state index contributed by atoms with van der Waals surface area (Å²) in [5.41, 5.74) is 1.23. The number of halogens is 1. The first-order valence-corrected chi connectivity index (χ1v) is 7.53. The number of benzene rings is 1. The smallest absolute Gasteiger partial charge is 0.0594 e. The van der Waals surface area contributed by atoms with E-state index in [0.29, 0.717) is 6.54 Å². The predicted octanol–water partition coefficient (Wildman–Crippen LogP) is 1.47. The topological polar surface area (TPSA) is 35.9 Å². The molecule has 20 heavy (non-hydrogen) atoms. The quantitative estimate of drug-likeness (QED) is 0.827. The third-order valence-corrected chi connectivity index (χ3v) is 3.82. The maximum Gasteiger partial charge on any atom is 0.0594 e. The lowest BCUT2D eigenvalue weighted by Gasteiger charge is -2.29. The second-order valence-electron chi connectivity index (χ2n) is 5.08. The van der Waals surface area contributed by atoms with Crippen molar-refractivity contribution in [1.82, 2.24) is 9.80 Å². The Hall–Kier alpha value is -0.650. The number of rotatable bonds is 7. The van der Waals surface area contributed by atoms with Crippen LogP contribution in [0.5, 0.6) is 0 Å². The number of hydrogen-bond donors (Lipinski definition) is 1. The standard InChI is InChI=1S/C15H23ClN2O2/c16-15-3-1-14(2-4-15)13-18(7-10-19)6-5-17-8-11-20-12-9-17/h1-4,19H,5-13H2. The minimum atomic E-state index is 0.191. The molecule has 0 bridgehead atoms. The van der Waals surface area contributed by atoms with Crippen LogP contribution >= 0.6 is 11.6 Å². The van der Waals surface area contributed by atoms with Crippen LogP contribution in [0.2, 0.25) is 5.02 Å². The summed E-state index contributed by atoms with van der Waals surface area (Å²) in [6, 6.07) is 7.91. The zero-order chi connectivity index (χ0) is 14.2. The first-order chi connectivity index (χ1) is 9.78. The second kappa shape index (κ2) is 8.60. The van der Waals surface area contributed by atoms with Crippen LogP contribution < -0.4 is 0 Å². The highest BCUT2D eigenvalue weighted by molar-refractivity contribution is 6.30. The van der Waals surface area contributed by atoms with Crippen LogP contribution in [0.15, 0.2) is 24.3 Å². The van der Waals surface area contributed by atoms with Crippen LogP contribution in [0.4, 0.5) is 0 Å². The Bertz CT molecular complexity index is 380. The van der Waals surface area contributed by atoms with Crippen molar-refractivity contribution in [2.75, 3.05) is 52.5 Å². The molecule has 0 atom stereocenters. The molecule has 1 aromatic rings. The summed E-state index contributed by atoms with van der Waals surface area (Å²) >= 11 is 5.90. The van der Waals surface area contributed by atoms with Gasteiger partial charge in [0.25, 0.3) is 0 Å². The summed E-state index contributed by atoms with van der Waals surface area (Å²) in [5.74, 6) is 0. The van der Waals surface area contributed by atoms with Crippen LogP contribution in [-0.2, 0) is 11.3 Å². The average molecular weight is 299 g/mol. The van der Waals surface area contributed by atoms with Crippen molar-refractivity contribution in [2.45, 2.75) is 6.54 Å². The van der Waals surface area contributed by atoms with Gasteiger partial charge in [-0.25, -0.2) is 0 Å². The number of morpholine rings is 1. The number of ether oxygens (including phenoxy) is 1. The zero-order valence-electron chi connectivity index (χ0n) is 11.8. The Morgan fingerprint density at radius 1 is 1.15 bits per heavy atom. The molecule has 1 aliphatic rings. The first kappa shape index (κ1) is 15.7. The Morgan fingerprint density at radius 2 is 1.85 bits per heavy atom. The van der Waals surface area contributed by atoms with Crippen molar-refractivity contribution < 1.29 is 9.84 Å². The van der Waals surface area contributed by atoms with E-state index in [1.807, 2.05) is 24.3 Å². The molecule has 0 aliphatic carbocycles. The van der Waals surface area contributed by atoms with E-state index in [9.17, 15) is 5.11 Å². The van der Waals surface area contributed by atoms with Crippen molar-refractivity contribution in [1.29, 1.82) is 0 Å². The minimum absolute atomic E-state index is 0.191.